The maximum absolute atomic E-state index is 13.7. The molecule has 6 aliphatic rings. The molecule has 38 heavy (non-hydrogen) atoms. The fourth-order valence-corrected chi connectivity index (χ4v) is 10.4. The Bertz CT molecular complexity index is 1350. The van der Waals surface area contributed by atoms with Gasteiger partial charge in [-0.05, 0) is 104 Å². The van der Waals surface area contributed by atoms with Gasteiger partial charge in [0.05, 0.1) is 5.56 Å². The number of hydrogen-bond acceptors (Lipinski definition) is 5. The van der Waals surface area contributed by atoms with Gasteiger partial charge >= 0.3 is 12.1 Å². The van der Waals surface area contributed by atoms with Crippen LogP contribution in [0.25, 0.3) is 10.8 Å². The maximum atomic E-state index is 13.7. The highest BCUT2D eigenvalue weighted by atomic mass is 16.7. The van der Waals surface area contributed by atoms with Crippen molar-refractivity contribution in [3.05, 3.63) is 60.2 Å². The third-order valence-electron chi connectivity index (χ3n) is 11.1. The Labute approximate surface area is 223 Å². The van der Waals surface area contributed by atoms with Crippen LogP contribution >= 0.6 is 0 Å². The average Bonchev–Trinajstić information content (AvgIpc) is 3.70. The molecular formula is C33H36O5. The monoisotopic (exact) mass is 512 g/mol. The first-order valence-electron chi connectivity index (χ1n) is 14.6. The molecule has 5 saturated carbocycles. The van der Waals surface area contributed by atoms with Crippen molar-refractivity contribution in [2.75, 3.05) is 0 Å². The molecule has 0 spiro atoms. The SMILES string of the molecule is CC(C)(C)OC(=O)OC1C2CC(C1OC(=O)c1cccc3ccccc13)C1C3CC(C4C5C=CC(C5)C34)C21. The maximum Gasteiger partial charge on any atom is 0.509 e. The minimum atomic E-state index is -0.651. The van der Waals surface area contributed by atoms with Crippen molar-refractivity contribution in [1.29, 1.82) is 0 Å². The average molecular weight is 513 g/mol. The molecule has 2 aromatic rings. The fraction of sp³-hybridized carbons (Fsp3) is 0.576. The Morgan fingerprint density at radius 1 is 0.711 bits per heavy atom. The lowest BCUT2D eigenvalue weighted by Gasteiger charge is -2.47. The van der Waals surface area contributed by atoms with E-state index in [-0.39, 0.29) is 17.8 Å². The zero-order chi connectivity index (χ0) is 25.9. The first-order valence-corrected chi connectivity index (χ1v) is 14.6. The number of hydrogen-bond donors (Lipinski definition) is 0. The Morgan fingerprint density at radius 3 is 2.00 bits per heavy atom. The summed E-state index contributed by atoms with van der Waals surface area (Å²) in [5, 5.41) is 1.90. The van der Waals surface area contributed by atoms with E-state index in [0.717, 1.165) is 40.9 Å². The summed E-state index contributed by atoms with van der Waals surface area (Å²) in [6.45, 7) is 5.55. The lowest BCUT2D eigenvalue weighted by molar-refractivity contribution is -0.117. The molecule has 5 nitrogen and oxygen atoms in total. The fourth-order valence-electron chi connectivity index (χ4n) is 10.4. The van der Waals surface area contributed by atoms with Crippen LogP contribution in [0.15, 0.2) is 54.6 Å². The second-order valence-electron chi connectivity index (χ2n) is 13.8. The van der Waals surface area contributed by atoms with Gasteiger partial charge in [-0.25, -0.2) is 9.59 Å². The number of ether oxygens (including phenoxy) is 3. The number of benzene rings is 2. The summed E-state index contributed by atoms with van der Waals surface area (Å²) in [6, 6.07) is 13.7. The molecule has 0 heterocycles. The third kappa shape index (κ3) is 3.17. The van der Waals surface area contributed by atoms with E-state index in [1.54, 1.807) is 0 Å². The Hall–Kier alpha value is -2.82. The van der Waals surface area contributed by atoms with Gasteiger partial charge in [0.15, 0.2) is 0 Å². The van der Waals surface area contributed by atoms with Crippen molar-refractivity contribution in [3.63, 3.8) is 0 Å². The molecule has 0 amide bonds. The smallest absolute Gasteiger partial charge is 0.454 e. The van der Waals surface area contributed by atoms with Crippen LogP contribution in [0.1, 0.15) is 50.4 Å². The summed E-state index contributed by atoms with van der Waals surface area (Å²) < 4.78 is 18.1. The zero-order valence-corrected chi connectivity index (χ0v) is 22.3. The first kappa shape index (κ1) is 23.1. The van der Waals surface area contributed by atoms with Crippen molar-refractivity contribution < 1.29 is 23.8 Å². The lowest BCUT2D eigenvalue weighted by Crippen LogP contribution is -2.51. The van der Waals surface area contributed by atoms with Crippen molar-refractivity contribution in [1.82, 2.24) is 0 Å². The molecular weight excluding hydrogens is 476 g/mol. The number of esters is 1. The second kappa shape index (κ2) is 7.86. The molecule has 0 radical (unpaired) electrons. The molecule has 12 atom stereocenters. The van der Waals surface area contributed by atoms with Gasteiger partial charge in [0, 0.05) is 11.8 Å². The van der Waals surface area contributed by atoms with Gasteiger partial charge in [0.2, 0.25) is 0 Å². The highest BCUT2D eigenvalue weighted by molar-refractivity contribution is 6.04. The molecule has 0 aromatic heterocycles. The van der Waals surface area contributed by atoms with E-state index in [9.17, 15) is 9.59 Å². The van der Waals surface area contributed by atoms with Crippen molar-refractivity contribution in [2.45, 2.75) is 57.8 Å². The predicted molar refractivity (Wildman–Crippen MR) is 142 cm³/mol. The zero-order valence-electron chi connectivity index (χ0n) is 22.3. The minimum absolute atomic E-state index is 0.238. The molecule has 0 aliphatic heterocycles. The molecule has 0 N–H and O–H groups in total. The van der Waals surface area contributed by atoms with Crippen LogP contribution in [0, 0.1) is 59.2 Å². The lowest BCUT2D eigenvalue weighted by atomic mass is 9.60. The van der Waals surface area contributed by atoms with Crippen LogP contribution in [-0.4, -0.2) is 29.9 Å². The molecule has 6 bridgehead atoms. The number of allylic oxidation sites excluding steroid dienone is 2. The van der Waals surface area contributed by atoms with E-state index in [2.05, 4.69) is 12.2 Å². The van der Waals surface area contributed by atoms with E-state index in [0.29, 0.717) is 29.2 Å². The summed E-state index contributed by atoms with van der Waals surface area (Å²) >= 11 is 0. The van der Waals surface area contributed by atoms with Gasteiger partial charge in [-0.15, -0.1) is 0 Å². The minimum Gasteiger partial charge on any atom is -0.454 e. The summed E-state index contributed by atoms with van der Waals surface area (Å²) in [7, 11) is 0. The Balaban J connectivity index is 1.12. The standard InChI is InChI=1S/C33H36O5/c1-33(2,3)38-32(35)37-30-24-15-23(27-21-14-22(28(24)27)26-18-12-11-17(13-18)25(21)26)29(30)36-31(34)20-10-6-8-16-7-4-5-9-19(16)20/h4-12,17-18,21-30H,13-15H2,1-3H3. The third-order valence-corrected chi connectivity index (χ3v) is 11.1. The largest absolute Gasteiger partial charge is 0.509 e. The molecule has 5 fully saturated rings. The van der Waals surface area contributed by atoms with E-state index in [4.69, 9.17) is 14.2 Å². The highest BCUT2D eigenvalue weighted by Gasteiger charge is 2.74. The number of rotatable bonds is 3. The van der Waals surface area contributed by atoms with Gasteiger partial charge in [-0.3, -0.25) is 0 Å². The summed E-state index contributed by atoms with van der Waals surface area (Å²) in [4.78, 5) is 26.6. The van der Waals surface area contributed by atoms with Crippen molar-refractivity contribution in [2.24, 2.45) is 59.2 Å². The molecule has 8 rings (SSSR count). The van der Waals surface area contributed by atoms with Crippen LogP contribution in [0.3, 0.4) is 0 Å². The van der Waals surface area contributed by atoms with E-state index in [1.165, 1.54) is 12.8 Å². The topological polar surface area (TPSA) is 61.8 Å². The quantitative estimate of drug-likeness (QED) is 0.262. The van der Waals surface area contributed by atoms with Gasteiger partial charge in [-0.2, -0.15) is 0 Å². The van der Waals surface area contributed by atoms with E-state index >= 15 is 0 Å². The van der Waals surface area contributed by atoms with E-state index in [1.807, 2.05) is 63.2 Å². The van der Waals surface area contributed by atoms with Gasteiger partial charge in [0.25, 0.3) is 0 Å². The number of carbonyl (C=O) groups is 2. The van der Waals surface area contributed by atoms with Gasteiger partial charge in [-0.1, -0.05) is 48.6 Å². The van der Waals surface area contributed by atoms with Crippen LogP contribution < -0.4 is 0 Å². The van der Waals surface area contributed by atoms with E-state index < -0.39 is 24.0 Å². The van der Waals surface area contributed by atoms with Gasteiger partial charge < -0.3 is 14.2 Å². The van der Waals surface area contributed by atoms with Gasteiger partial charge in [0.1, 0.15) is 17.8 Å². The second-order valence-corrected chi connectivity index (χ2v) is 13.8. The van der Waals surface area contributed by atoms with Crippen molar-refractivity contribution in [3.8, 4) is 0 Å². The summed E-state index contributed by atoms with van der Waals surface area (Å²) in [5.41, 5.74) is -0.0637. The number of fused-ring (bicyclic) bond motifs is 17. The molecule has 12 unspecified atom stereocenters. The molecule has 2 aromatic carbocycles. The van der Waals surface area contributed by atoms with Crippen LogP contribution in [0.5, 0.6) is 0 Å². The molecule has 198 valence electrons. The van der Waals surface area contributed by atoms with Crippen LogP contribution in [0.2, 0.25) is 0 Å². The summed E-state index contributed by atoms with van der Waals surface area (Å²) in [6.07, 6.45) is 7.06. The normalized spacial score (nSPS) is 42.9. The van der Waals surface area contributed by atoms with Crippen LogP contribution in [-0.2, 0) is 14.2 Å². The Kier molecular flexibility index (Phi) is 4.78. The number of carbonyl (C=O) groups excluding carboxylic acids is 2. The molecule has 0 saturated heterocycles. The Morgan fingerprint density at radius 2 is 1.32 bits per heavy atom. The van der Waals surface area contributed by atoms with Crippen molar-refractivity contribution >= 4 is 22.9 Å². The first-order chi connectivity index (χ1) is 18.3. The predicted octanol–water partition coefficient (Wildman–Crippen LogP) is 6.66. The molecule has 6 aliphatic carbocycles. The van der Waals surface area contributed by atoms with Crippen LogP contribution in [0.4, 0.5) is 4.79 Å². The molecule has 5 heteroatoms. The summed E-state index contributed by atoms with van der Waals surface area (Å²) in [5.74, 6) is 5.81. The highest BCUT2D eigenvalue weighted by Crippen LogP contribution is 2.76.